The molecule has 9 heteroatoms. The van der Waals surface area contributed by atoms with E-state index in [4.69, 9.17) is 4.52 Å². The minimum atomic E-state index is -3.68. The van der Waals surface area contributed by atoms with E-state index < -0.39 is 10.0 Å². The van der Waals surface area contributed by atoms with Gasteiger partial charge >= 0.3 is 0 Å². The van der Waals surface area contributed by atoms with Crippen molar-refractivity contribution in [1.82, 2.24) is 24.6 Å². The van der Waals surface area contributed by atoms with Gasteiger partial charge in [-0.2, -0.15) is 9.40 Å². The summed E-state index contributed by atoms with van der Waals surface area (Å²) >= 11 is 0. The summed E-state index contributed by atoms with van der Waals surface area (Å²) in [6.45, 7) is 7.71. The van der Waals surface area contributed by atoms with Crippen molar-refractivity contribution in [3.63, 3.8) is 0 Å². The quantitative estimate of drug-likeness (QED) is 0.914. The van der Waals surface area contributed by atoms with E-state index >= 15 is 0 Å². The number of H-pyrrole nitrogens is 1. The number of nitrogens with one attached hydrogen (secondary N) is 1. The minimum absolute atomic E-state index is 0.160. The zero-order chi connectivity index (χ0) is 16.8. The molecule has 1 aliphatic rings. The molecule has 2 aromatic heterocycles. The van der Waals surface area contributed by atoms with Crippen LogP contribution in [-0.4, -0.2) is 39.6 Å². The first-order chi connectivity index (χ1) is 10.8. The van der Waals surface area contributed by atoms with E-state index in [0.717, 1.165) is 12.8 Å². The van der Waals surface area contributed by atoms with Crippen LogP contribution in [0.4, 0.5) is 0 Å². The van der Waals surface area contributed by atoms with Crippen LogP contribution in [0.1, 0.15) is 61.8 Å². The Kier molecular flexibility index (Phi) is 4.01. The number of rotatable bonds is 4. The molecule has 126 valence electrons. The lowest BCUT2D eigenvalue weighted by Crippen LogP contribution is -2.31. The predicted molar refractivity (Wildman–Crippen MR) is 82.3 cm³/mol. The molecule has 0 aliphatic carbocycles. The Morgan fingerprint density at radius 1 is 1.35 bits per heavy atom. The first-order valence-corrected chi connectivity index (χ1v) is 9.13. The minimum Gasteiger partial charge on any atom is -0.360 e. The fraction of sp³-hybridized carbons (Fsp3) is 0.643. The van der Waals surface area contributed by atoms with Crippen LogP contribution in [0.5, 0.6) is 0 Å². The van der Waals surface area contributed by atoms with Crippen LogP contribution in [0.3, 0.4) is 0 Å². The van der Waals surface area contributed by atoms with Gasteiger partial charge in [-0.05, 0) is 26.7 Å². The summed E-state index contributed by atoms with van der Waals surface area (Å²) in [4.78, 5) is 4.63. The highest BCUT2D eigenvalue weighted by molar-refractivity contribution is 7.89. The third kappa shape index (κ3) is 2.67. The molecular formula is C14H21N5O3S. The Balaban J connectivity index is 1.98. The molecule has 1 aliphatic heterocycles. The summed E-state index contributed by atoms with van der Waals surface area (Å²) in [5.41, 5.74) is 0.383. The lowest BCUT2D eigenvalue weighted by atomic mass is 10.2. The normalized spacial score (nSPS) is 19.8. The molecule has 0 amide bonds. The van der Waals surface area contributed by atoms with Crippen molar-refractivity contribution in [3.05, 3.63) is 23.1 Å². The third-order valence-corrected chi connectivity index (χ3v) is 6.24. The smallest absolute Gasteiger partial charge is 0.249 e. The molecule has 1 atom stereocenters. The van der Waals surface area contributed by atoms with E-state index in [1.165, 1.54) is 4.31 Å². The van der Waals surface area contributed by atoms with Crippen molar-refractivity contribution in [2.45, 2.75) is 57.4 Å². The topological polar surface area (TPSA) is 105 Å². The average Bonchev–Trinajstić information content (AvgIpc) is 3.17. The highest BCUT2D eigenvalue weighted by Crippen LogP contribution is 2.36. The SMILES string of the molecule is Cc1noc(C)c1S(=O)(=O)N1CCC[C@H]1c1nc(C(C)C)n[nH]1. The van der Waals surface area contributed by atoms with Gasteiger partial charge in [0.05, 0.1) is 6.04 Å². The molecule has 23 heavy (non-hydrogen) atoms. The number of aryl methyl sites for hydroxylation is 2. The molecule has 0 spiro atoms. The van der Waals surface area contributed by atoms with Gasteiger partial charge in [-0.3, -0.25) is 5.10 Å². The van der Waals surface area contributed by atoms with E-state index in [0.29, 0.717) is 29.6 Å². The number of aromatic nitrogens is 4. The number of sulfonamides is 1. The van der Waals surface area contributed by atoms with Gasteiger partial charge in [0.2, 0.25) is 10.0 Å². The summed E-state index contributed by atoms with van der Waals surface area (Å²) in [5.74, 6) is 1.80. The lowest BCUT2D eigenvalue weighted by Gasteiger charge is -2.22. The molecule has 1 saturated heterocycles. The van der Waals surface area contributed by atoms with E-state index in [-0.39, 0.29) is 16.9 Å². The molecule has 0 bridgehead atoms. The Bertz CT molecular complexity index is 789. The number of hydrogen-bond donors (Lipinski definition) is 1. The molecule has 3 rings (SSSR count). The summed E-state index contributed by atoms with van der Waals surface area (Å²) in [7, 11) is -3.68. The van der Waals surface area contributed by atoms with Crippen LogP contribution in [-0.2, 0) is 10.0 Å². The van der Waals surface area contributed by atoms with Gasteiger partial charge in [-0.15, -0.1) is 0 Å². The second-order valence-electron chi connectivity index (χ2n) is 6.16. The van der Waals surface area contributed by atoms with E-state index in [1.807, 2.05) is 13.8 Å². The Morgan fingerprint density at radius 3 is 2.65 bits per heavy atom. The number of nitrogens with zero attached hydrogens (tertiary/aromatic N) is 4. The van der Waals surface area contributed by atoms with Gasteiger partial charge in [0.25, 0.3) is 0 Å². The monoisotopic (exact) mass is 339 g/mol. The highest BCUT2D eigenvalue weighted by Gasteiger charge is 2.40. The Hall–Kier alpha value is -1.74. The molecule has 1 N–H and O–H groups in total. The fourth-order valence-electron chi connectivity index (χ4n) is 2.96. The van der Waals surface area contributed by atoms with Crippen molar-refractivity contribution in [2.24, 2.45) is 0 Å². The van der Waals surface area contributed by atoms with Crippen LogP contribution < -0.4 is 0 Å². The molecule has 0 unspecified atom stereocenters. The summed E-state index contributed by atoms with van der Waals surface area (Å²) in [6, 6.07) is -0.325. The summed E-state index contributed by atoms with van der Waals surface area (Å²) in [5, 5.41) is 10.8. The molecule has 3 heterocycles. The second-order valence-corrected chi connectivity index (χ2v) is 7.99. The summed E-state index contributed by atoms with van der Waals surface area (Å²) < 4.78 is 32.6. The Labute approximate surface area is 135 Å². The van der Waals surface area contributed by atoms with Crippen molar-refractivity contribution < 1.29 is 12.9 Å². The lowest BCUT2D eigenvalue weighted by molar-refractivity contribution is 0.377. The molecule has 0 saturated carbocycles. The van der Waals surface area contributed by atoms with Crippen molar-refractivity contribution >= 4 is 10.0 Å². The molecule has 2 aromatic rings. The van der Waals surface area contributed by atoms with Gasteiger partial charge in [0.15, 0.2) is 11.6 Å². The van der Waals surface area contributed by atoms with Crippen LogP contribution in [0.2, 0.25) is 0 Å². The van der Waals surface area contributed by atoms with Crippen LogP contribution >= 0.6 is 0 Å². The summed E-state index contributed by atoms with van der Waals surface area (Å²) in [6.07, 6.45) is 1.50. The van der Waals surface area contributed by atoms with Crippen molar-refractivity contribution in [1.29, 1.82) is 0 Å². The van der Waals surface area contributed by atoms with Gasteiger partial charge in [0, 0.05) is 12.5 Å². The average molecular weight is 339 g/mol. The standard InChI is InChI=1S/C14H21N5O3S/c1-8(2)13-15-14(17-16-13)11-6-5-7-19(11)23(20,21)12-9(3)18-22-10(12)4/h8,11H,5-7H2,1-4H3,(H,15,16,17)/t11-/m0/s1. The highest BCUT2D eigenvalue weighted by atomic mass is 32.2. The van der Waals surface area contributed by atoms with E-state index in [2.05, 4.69) is 20.3 Å². The number of aromatic amines is 1. The molecular weight excluding hydrogens is 318 g/mol. The zero-order valence-electron chi connectivity index (χ0n) is 13.7. The van der Waals surface area contributed by atoms with Crippen LogP contribution in [0, 0.1) is 13.8 Å². The molecule has 0 aromatic carbocycles. The maximum absolute atomic E-state index is 13.0. The Morgan fingerprint density at radius 2 is 2.09 bits per heavy atom. The fourth-order valence-corrected chi connectivity index (χ4v) is 4.91. The van der Waals surface area contributed by atoms with E-state index in [1.54, 1.807) is 13.8 Å². The van der Waals surface area contributed by atoms with Crippen molar-refractivity contribution in [2.75, 3.05) is 6.54 Å². The van der Waals surface area contributed by atoms with Gasteiger partial charge in [-0.25, -0.2) is 13.4 Å². The maximum Gasteiger partial charge on any atom is 0.249 e. The van der Waals surface area contributed by atoms with Crippen LogP contribution in [0.15, 0.2) is 9.42 Å². The second kappa shape index (κ2) is 5.72. The van der Waals surface area contributed by atoms with E-state index in [9.17, 15) is 8.42 Å². The molecule has 0 radical (unpaired) electrons. The first kappa shape index (κ1) is 16.1. The van der Waals surface area contributed by atoms with Gasteiger partial charge < -0.3 is 4.52 Å². The van der Waals surface area contributed by atoms with Gasteiger partial charge in [0.1, 0.15) is 16.4 Å². The number of hydrogen-bond acceptors (Lipinski definition) is 6. The molecule has 8 nitrogen and oxygen atoms in total. The van der Waals surface area contributed by atoms with Gasteiger partial charge in [-0.1, -0.05) is 19.0 Å². The zero-order valence-corrected chi connectivity index (χ0v) is 14.5. The predicted octanol–water partition coefficient (Wildman–Crippen LogP) is 2.06. The van der Waals surface area contributed by atoms with Crippen LogP contribution in [0.25, 0.3) is 0 Å². The molecule has 1 fully saturated rings. The maximum atomic E-state index is 13.0. The largest absolute Gasteiger partial charge is 0.360 e. The third-order valence-electron chi connectivity index (χ3n) is 4.09. The van der Waals surface area contributed by atoms with Crippen molar-refractivity contribution in [3.8, 4) is 0 Å². The first-order valence-electron chi connectivity index (χ1n) is 7.69.